The molecule has 2 rings (SSSR count). The highest BCUT2D eigenvalue weighted by molar-refractivity contribution is 7.89. The molecule has 0 unspecified atom stereocenters. The van der Waals surface area contributed by atoms with Gasteiger partial charge in [0.05, 0.1) is 24.3 Å². The maximum absolute atomic E-state index is 12.5. The lowest BCUT2D eigenvalue weighted by molar-refractivity contribution is 0.217. The van der Waals surface area contributed by atoms with Gasteiger partial charge in [-0.25, -0.2) is 17.7 Å². The summed E-state index contributed by atoms with van der Waals surface area (Å²) in [5, 5.41) is 0. The standard InChI is InChI=1S/C16H23N2O6PS/c1-5-22-25(19,23-6-2)12-16-17-11-15(24-16)13-7-9-14(10-8-13)26(20,21)18(3)4/h7-11H,5-6,12H2,1-4H3. The van der Waals surface area contributed by atoms with Crippen molar-refractivity contribution in [1.82, 2.24) is 9.29 Å². The molecule has 0 aliphatic carbocycles. The summed E-state index contributed by atoms with van der Waals surface area (Å²) in [6.07, 6.45) is 1.43. The fraction of sp³-hybridized carbons (Fsp3) is 0.438. The van der Waals surface area contributed by atoms with Crippen LogP contribution in [-0.4, -0.2) is 45.0 Å². The maximum Gasteiger partial charge on any atom is 0.339 e. The molecule has 0 spiro atoms. The van der Waals surface area contributed by atoms with Crippen LogP contribution in [0, 0.1) is 0 Å². The maximum atomic E-state index is 12.5. The van der Waals surface area contributed by atoms with Crippen molar-refractivity contribution >= 4 is 17.6 Å². The summed E-state index contributed by atoms with van der Waals surface area (Å²) in [5.41, 5.74) is 0.657. The van der Waals surface area contributed by atoms with Gasteiger partial charge >= 0.3 is 7.60 Å². The van der Waals surface area contributed by atoms with Crippen LogP contribution in [0.15, 0.2) is 39.8 Å². The van der Waals surface area contributed by atoms with Crippen molar-refractivity contribution < 1.29 is 26.4 Å². The molecule has 0 aliphatic rings. The molecule has 0 radical (unpaired) electrons. The second-order valence-corrected chi connectivity index (χ2v) is 9.74. The van der Waals surface area contributed by atoms with Crippen LogP contribution in [0.4, 0.5) is 0 Å². The normalized spacial score (nSPS) is 12.7. The topological polar surface area (TPSA) is 98.9 Å². The predicted molar refractivity (Wildman–Crippen MR) is 97.4 cm³/mol. The third-order valence-corrected chi connectivity index (χ3v) is 7.24. The highest BCUT2D eigenvalue weighted by atomic mass is 32.2. The molecule has 0 atom stereocenters. The molecule has 1 aromatic heterocycles. The van der Waals surface area contributed by atoms with Gasteiger partial charge in [-0.15, -0.1) is 0 Å². The van der Waals surface area contributed by atoms with Crippen LogP contribution in [0.2, 0.25) is 0 Å². The second kappa shape index (κ2) is 8.45. The Morgan fingerprint density at radius 1 is 1.12 bits per heavy atom. The van der Waals surface area contributed by atoms with Crippen LogP contribution in [0.5, 0.6) is 0 Å². The van der Waals surface area contributed by atoms with E-state index in [9.17, 15) is 13.0 Å². The van der Waals surface area contributed by atoms with E-state index in [1.165, 1.54) is 32.4 Å². The number of hydrogen-bond donors (Lipinski definition) is 0. The van der Waals surface area contributed by atoms with Crippen molar-refractivity contribution in [2.75, 3.05) is 27.3 Å². The number of sulfonamides is 1. The molecule has 2 aromatic rings. The van der Waals surface area contributed by atoms with E-state index in [4.69, 9.17) is 13.5 Å². The molecule has 0 bridgehead atoms. The fourth-order valence-electron chi connectivity index (χ4n) is 2.21. The molecule has 1 aromatic carbocycles. The monoisotopic (exact) mass is 402 g/mol. The van der Waals surface area contributed by atoms with Gasteiger partial charge in [-0.3, -0.25) is 4.57 Å². The average molecular weight is 402 g/mol. The zero-order chi connectivity index (χ0) is 19.4. The van der Waals surface area contributed by atoms with Crippen molar-refractivity contribution in [1.29, 1.82) is 0 Å². The first kappa shape index (κ1) is 20.8. The molecular formula is C16H23N2O6PS. The molecule has 1 heterocycles. The second-order valence-electron chi connectivity index (χ2n) is 5.53. The third kappa shape index (κ3) is 4.81. The van der Waals surface area contributed by atoms with E-state index in [1.807, 2.05) is 0 Å². The van der Waals surface area contributed by atoms with E-state index < -0.39 is 17.6 Å². The van der Waals surface area contributed by atoms with Crippen LogP contribution >= 0.6 is 7.60 Å². The van der Waals surface area contributed by atoms with Gasteiger partial charge < -0.3 is 13.5 Å². The van der Waals surface area contributed by atoms with Crippen LogP contribution < -0.4 is 0 Å². The minimum absolute atomic E-state index is 0.0677. The molecule has 0 aliphatic heterocycles. The number of nitrogens with zero attached hydrogens (tertiary/aromatic N) is 2. The first-order chi connectivity index (χ1) is 12.2. The minimum atomic E-state index is -3.49. The smallest absolute Gasteiger partial charge is 0.339 e. The van der Waals surface area contributed by atoms with Crippen LogP contribution in [0.1, 0.15) is 19.7 Å². The zero-order valence-corrected chi connectivity index (χ0v) is 16.9. The van der Waals surface area contributed by atoms with Crippen LogP contribution in [-0.2, 0) is 29.8 Å². The SMILES string of the molecule is CCOP(=O)(Cc1ncc(-c2ccc(S(=O)(=O)N(C)C)cc2)o1)OCC. The summed E-state index contributed by atoms with van der Waals surface area (Å²) in [7, 11) is -3.85. The van der Waals surface area contributed by atoms with E-state index >= 15 is 0 Å². The lowest BCUT2D eigenvalue weighted by atomic mass is 10.2. The molecular weight excluding hydrogens is 379 g/mol. The number of rotatable bonds is 9. The molecule has 0 saturated carbocycles. The molecule has 144 valence electrons. The van der Waals surface area contributed by atoms with Gasteiger partial charge in [0.1, 0.15) is 6.16 Å². The van der Waals surface area contributed by atoms with Crippen LogP contribution in [0.25, 0.3) is 11.3 Å². The van der Waals surface area contributed by atoms with Crippen molar-refractivity contribution in [2.24, 2.45) is 0 Å². The zero-order valence-electron chi connectivity index (χ0n) is 15.2. The molecule has 0 amide bonds. The van der Waals surface area contributed by atoms with Crippen molar-refractivity contribution in [3.63, 3.8) is 0 Å². The lowest BCUT2D eigenvalue weighted by Gasteiger charge is -2.14. The Labute approximate surface area is 153 Å². The Morgan fingerprint density at radius 3 is 2.19 bits per heavy atom. The Bertz CT molecular complexity index is 866. The molecule has 0 N–H and O–H groups in total. The van der Waals surface area contributed by atoms with Gasteiger partial charge in [0.15, 0.2) is 5.76 Å². The Hall–Kier alpha value is -1.51. The lowest BCUT2D eigenvalue weighted by Crippen LogP contribution is -2.22. The Kier molecular flexibility index (Phi) is 6.76. The minimum Gasteiger partial charge on any atom is -0.440 e. The molecule has 26 heavy (non-hydrogen) atoms. The van der Waals surface area contributed by atoms with Gasteiger partial charge in [0.25, 0.3) is 0 Å². The summed E-state index contributed by atoms with van der Waals surface area (Å²) in [6, 6.07) is 6.26. The van der Waals surface area contributed by atoms with Crippen molar-refractivity contribution in [3.05, 3.63) is 36.4 Å². The Morgan fingerprint density at radius 2 is 1.69 bits per heavy atom. The first-order valence-corrected chi connectivity index (χ1v) is 11.2. The third-order valence-electron chi connectivity index (χ3n) is 3.45. The Balaban J connectivity index is 2.21. The number of hydrogen-bond acceptors (Lipinski definition) is 7. The molecule has 0 saturated heterocycles. The van der Waals surface area contributed by atoms with Gasteiger partial charge in [0, 0.05) is 19.7 Å². The average Bonchev–Trinajstić information content (AvgIpc) is 3.03. The summed E-state index contributed by atoms with van der Waals surface area (Å²) < 4.78 is 53.9. The summed E-state index contributed by atoms with van der Waals surface area (Å²) in [4.78, 5) is 4.30. The van der Waals surface area contributed by atoms with Gasteiger partial charge in [0.2, 0.25) is 15.9 Å². The van der Waals surface area contributed by atoms with Gasteiger partial charge in [-0.05, 0) is 38.1 Å². The molecule has 10 heteroatoms. The summed E-state index contributed by atoms with van der Waals surface area (Å²) in [6.45, 7) is 3.98. The largest absolute Gasteiger partial charge is 0.440 e. The van der Waals surface area contributed by atoms with E-state index in [-0.39, 0.29) is 30.2 Å². The van der Waals surface area contributed by atoms with E-state index in [2.05, 4.69) is 4.98 Å². The number of aromatic nitrogens is 1. The first-order valence-electron chi connectivity index (χ1n) is 8.07. The van der Waals surface area contributed by atoms with E-state index in [0.717, 1.165) is 4.31 Å². The summed E-state index contributed by atoms with van der Waals surface area (Å²) in [5.74, 6) is 0.670. The number of oxazole rings is 1. The van der Waals surface area contributed by atoms with Crippen LogP contribution in [0.3, 0.4) is 0 Å². The summed E-state index contributed by atoms with van der Waals surface area (Å²) >= 11 is 0. The highest BCUT2D eigenvalue weighted by Crippen LogP contribution is 2.51. The predicted octanol–water partition coefficient (Wildman–Crippen LogP) is 3.36. The van der Waals surface area contributed by atoms with E-state index in [1.54, 1.807) is 26.0 Å². The highest BCUT2D eigenvalue weighted by Gasteiger charge is 2.27. The fourth-order valence-corrected chi connectivity index (χ4v) is 4.63. The van der Waals surface area contributed by atoms with Gasteiger partial charge in [-0.1, -0.05) is 0 Å². The van der Waals surface area contributed by atoms with Crippen molar-refractivity contribution in [2.45, 2.75) is 24.9 Å². The van der Waals surface area contributed by atoms with E-state index in [0.29, 0.717) is 11.3 Å². The molecule has 8 nitrogen and oxygen atoms in total. The number of benzene rings is 1. The van der Waals surface area contributed by atoms with Crippen molar-refractivity contribution in [3.8, 4) is 11.3 Å². The van der Waals surface area contributed by atoms with Gasteiger partial charge in [-0.2, -0.15) is 0 Å². The quantitative estimate of drug-likeness (QED) is 0.593. The molecule has 0 fully saturated rings.